The number of nitrogens with zero attached hydrogens (tertiary/aromatic N) is 1. The lowest BCUT2D eigenvalue weighted by Crippen LogP contribution is -2.54. The van der Waals surface area contributed by atoms with Crippen molar-refractivity contribution in [3.05, 3.63) is 88.6 Å². The third kappa shape index (κ3) is 2.68. The van der Waals surface area contributed by atoms with Crippen LogP contribution in [0.15, 0.2) is 71.9 Å². The average Bonchev–Trinajstić information content (AvgIpc) is 3.75. The molecular weight excluding hydrogens is 512 g/mol. The van der Waals surface area contributed by atoms with E-state index in [4.69, 9.17) is 23.7 Å². The summed E-state index contributed by atoms with van der Waals surface area (Å²) in [5, 5.41) is 17.0. The van der Waals surface area contributed by atoms with Crippen LogP contribution in [-0.2, 0) is 16.0 Å². The molecule has 40 heavy (non-hydrogen) atoms. The highest BCUT2D eigenvalue weighted by atomic mass is 16.7. The third-order valence-corrected chi connectivity index (χ3v) is 8.99. The molecule has 3 aromatic carbocycles. The number of rotatable bonds is 4. The number of carbonyl (C=O) groups excluding carboxylic acids is 1. The van der Waals surface area contributed by atoms with Crippen molar-refractivity contribution in [2.45, 2.75) is 36.1 Å². The highest BCUT2D eigenvalue weighted by molar-refractivity contribution is 6.00. The number of hydrogen-bond acceptors (Lipinski definition) is 8. The van der Waals surface area contributed by atoms with Crippen molar-refractivity contribution in [1.29, 1.82) is 0 Å². The molecule has 1 aliphatic carbocycles. The number of hydrogen-bond donors (Lipinski definition) is 2. The quantitative estimate of drug-likeness (QED) is 0.519. The highest BCUT2D eigenvalue weighted by Crippen LogP contribution is 2.72. The van der Waals surface area contributed by atoms with E-state index in [1.165, 1.54) is 7.11 Å². The van der Waals surface area contributed by atoms with Gasteiger partial charge in [0.1, 0.15) is 17.7 Å². The van der Waals surface area contributed by atoms with Gasteiger partial charge < -0.3 is 39.0 Å². The van der Waals surface area contributed by atoms with Gasteiger partial charge >= 0.3 is 0 Å². The monoisotopic (exact) mass is 540 g/mol. The van der Waals surface area contributed by atoms with Crippen LogP contribution in [0.5, 0.6) is 28.7 Å². The second-order valence-corrected chi connectivity index (χ2v) is 10.7. The van der Waals surface area contributed by atoms with Crippen molar-refractivity contribution in [1.82, 2.24) is 10.2 Å². The number of nitrogens with one attached hydrogen (secondary N) is 1. The van der Waals surface area contributed by atoms with Gasteiger partial charge in [-0.3, -0.25) is 4.79 Å². The molecule has 9 nitrogen and oxygen atoms in total. The zero-order chi connectivity index (χ0) is 27.2. The van der Waals surface area contributed by atoms with E-state index in [0.717, 1.165) is 18.4 Å². The summed E-state index contributed by atoms with van der Waals surface area (Å²) in [5.41, 5.74) is -0.403. The summed E-state index contributed by atoms with van der Waals surface area (Å²) >= 11 is 0. The molecule has 4 heterocycles. The third-order valence-electron chi connectivity index (χ3n) is 8.99. The number of amides is 1. The summed E-state index contributed by atoms with van der Waals surface area (Å²) in [7, 11) is 3.14. The second kappa shape index (κ2) is 8.08. The summed E-state index contributed by atoms with van der Waals surface area (Å²) < 4.78 is 29.9. The normalized spacial score (nSPS) is 28.9. The summed E-state index contributed by atoms with van der Waals surface area (Å²) in [6.07, 6.45) is 1.45. The van der Waals surface area contributed by atoms with Crippen LogP contribution >= 0.6 is 0 Å². The Balaban J connectivity index is 1.48. The molecule has 8 rings (SSSR count). The van der Waals surface area contributed by atoms with Crippen LogP contribution in [-0.4, -0.2) is 49.6 Å². The van der Waals surface area contributed by atoms with Crippen LogP contribution in [0.3, 0.4) is 0 Å². The fourth-order valence-electron chi connectivity index (χ4n) is 7.38. The molecule has 2 N–H and O–H groups in total. The fraction of sp³-hybridized carbons (Fsp3) is 0.323. The Hall–Kier alpha value is -4.37. The molecule has 4 aliphatic heterocycles. The van der Waals surface area contributed by atoms with Crippen LogP contribution in [0.1, 0.15) is 35.4 Å². The van der Waals surface area contributed by atoms with Gasteiger partial charge in [-0.2, -0.15) is 0 Å². The van der Waals surface area contributed by atoms with E-state index in [2.05, 4.69) is 5.32 Å². The Labute approximate surface area is 230 Å². The van der Waals surface area contributed by atoms with E-state index in [1.54, 1.807) is 13.2 Å². The molecule has 0 radical (unpaired) electrons. The Morgan fingerprint density at radius 2 is 1.82 bits per heavy atom. The van der Waals surface area contributed by atoms with Gasteiger partial charge in [0.25, 0.3) is 5.91 Å². The molecule has 1 amide bonds. The van der Waals surface area contributed by atoms with Crippen LogP contribution in [0.4, 0.5) is 0 Å². The first-order valence-corrected chi connectivity index (χ1v) is 13.5. The van der Waals surface area contributed by atoms with Gasteiger partial charge in [-0.15, -0.1) is 0 Å². The molecule has 0 spiro atoms. The van der Waals surface area contributed by atoms with Crippen molar-refractivity contribution < 1.29 is 33.6 Å². The van der Waals surface area contributed by atoms with E-state index < -0.39 is 17.1 Å². The first kappa shape index (κ1) is 23.5. The fourth-order valence-corrected chi connectivity index (χ4v) is 7.38. The Morgan fingerprint density at radius 1 is 1.02 bits per heavy atom. The maximum absolute atomic E-state index is 14.3. The van der Waals surface area contributed by atoms with E-state index in [0.29, 0.717) is 57.7 Å². The van der Waals surface area contributed by atoms with Gasteiger partial charge in [0.05, 0.1) is 37.0 Å². The van der Waals surface area contributed by atoms with Crippen LogP contribution < -0.4 is 29.0 Å². The minimum absolute atomic E-state index is 0.0327. The maximum Gasteiger partial charge on any atom is 0.254 e. The maximum atomic E-state index is 14.3. The molecule has 1 fully saturated rings. The zero-order valence-corrected chi connectivity index (χ0v) is 22.1. The first-order valence-electron chi connectivity index (χ1n) is 13.5. The summed E-state index contributed by atoms with van der Waals surface area (Å²) in [5.74, 6) is 1.53. The van der Waals surface area contributed by atoms with E-state index in [1.807, 2.05) is 59.5 Å². The summed E-state index contributed by atoms with van der Waals surface area (Å²) in [6.45, 7) is 0.688. The minimum Gasteiger partial charge on any atom is -0.497 e. The number of fused-ring (bicyclic) bond motifs is 6. The number of carbonyl (C=O) groups is 1. The van der Waals surface area contributed by atoms with Gasteiger partial charge in [0.15, 0.2) is 22.7 Å². The van der Waals surface area contributed by atoms with Crippen molar-refractivity contribution in [2.24, 2.45) is 0 Å². The van der Waals surface area contributed by atoms with Crippen molar-refractivity contribution in [3.63, 3.8) is 0 Å². The van der Waals surface area contributed by atoms with Crippen LogP contribution in [0.2, 0.25) is 0 Å². The van der Waals surface area contributed by atoms with E-state index in [9.17, 15) is 9.90 Å². The van der Waals surface area contributed by atoms with Crippen LogP contribution in [0.25, 0.3) is 0 Å². The first-order chi connectivity index (χ1) is 19.5. The lowest BCUT2D eigenvalue weighted by atomic mass is 9.69. The van der Waals surface area contributed by atoms with Crippen molar-refractivity contribution in [2.75, 3.05) is 27.6 Å². The Bertz CT molecular complexity index is 1590. The molecule has 5 aliphatic rings. The average molecular weight is 541 g/mol. The topological polar surface area (TPSA) is 98.7 Å². The number of ether oxygens (including phenoxy) is 5. The Kier molecular flexibility index (Phi) is 4.75. The number of benzene rings is 3. The smallest absolute Gasteiger partial charge is 0.254 e. The lowest BCUT2D eigenvalue weighted by Gasteiger charge is -2.41. The van der Waals surface area contributed by atoms with Crippen LogP contribution in [0, 0.1) is 0 Å². The van der Waals surface area contributed by atoms with Gasteiger partial charge in [0, 0.05) is 18.2 Å². The molecule has 4 atom stereocenters. The predicted octanol–water partition coefficient (Wildman–Crippen LogP) is 3.51. The molecule has 0 unspecified atom stereocenters. The molecule has 0 aromatic heterocycles. The second-order valence-electron chi connectivity index (χ2n) is 10.7. The van der Waals surface area contributed by atoms with Gasteiger partial charge in [-0.1, -0.05) is 42.5 Å². The molecule has 0 bridgehead atoms. The van der Waals surface area contributed by atoms with E-state index >= 15 is 0 Å². The van der Waals surface area contributed by atoms with E-state index in [-0.39, 0.29) is 18.9 Å². The summed E-state index contributed by atoms with van der Waals surface area (Å²) in [4.78, 5) is 16.2. The van der Waals surface area contributed by atoms with Gasteiger partial charge in [-0.25, -0.2) is 0 Å². The lowest BCUT2D eigenvalue weighted by molar-refractivity contribution is -0.129. The SMILES string of the molecule is COc1ccc([C@@]23Oc4cc5c(c(OC)c4[C@]2(O)C2=C(C(=O)N4CCC[C@H]4N2)[C@H]3c2ccccc2)OCO5)cc1. The number of methoxy groups -OCH3 is 2. The summed E-state index contributed by atoms with van der Waals surface area (Å²) in [6, 6.07) is 19.0. The largest absolute Gasteiger partial charge is 0.497 e. The molecule has 204 valence electrons. The molecular formula is C31H28N2O7. The van der Waals surface area contributed by atoms with Crippen molar-refractivity contribution >= 4 is 5.91 Å². The molecule has 3 aromatic rings. The van der Waals surface area contributed by atoms with Crippen molar-refractivity contribution in [3.8, 4) is 28.7 Å². The molecule has 1 saturated heterocycles. The Morgan fingerprint density at radius 3 is 2.58 bits per heavy atom. The van der Waals surface area contributed by atoms with Gasteiger partial charge in [-0.05, 0) is 30.5 Å². The molecule has 0 saturated carbocycles. The standard InChI is InChI=1S/C31H28N2O7/c1-36-19-12-10-18(11-13-19)31-24(17-7-4-3-5-8-17)23-28(32-22-9-6-14-33(22)29(23)34)30(31,35)25-20(40-31)15-21-26(27(25)37-2)39-16-38-21/h3-5,7-8,10-13,15,22,24,32,35H,6,9,14,16H2,1-2H3/t22-,24+,30-,31-/m0/s1. The minimum atomic E-state index is -1.83. The predicted molar refractivity (Wildman–Crippen MR) is 142 cm³/mol. The number of aliphatic hydroxyl groups is 1. The highest BCUT2D eigenvalue weighted by Gasteiger charge is 2.75. The molecule has 9 heteroatoms. The zero-order valence-electron chi connectivity index (χ0n) is 22.1. The van der Waals surface area contributed by atoms with Gasteiger partial charge in [0.2, 0.25) is 12.5 Å².